The van der Waals surface area contributed by atoms with Gasteiger partial charge in [0.25, 0.3) is 0 Å². The quantitative estimate of drug-likeness (QED) is 0.341. The monoisotopic (exact) mass is 345 g/mol. The Hall–Kier alpha value is -1.94. The third kappa shape index (κ3) is 8.64. The van der Waals surface area contributed by atoms with Crippen LogP contribution in [0.3, 0.4) is 0 Å². The van der Waals surface area contributed by atoms with Crippen molar-refractivity contribution in [1.29, 1.82) is 0 Å². The first kappa shape index (κ1) is 21.1. The van der Waals surface area contributed by atoms with Crippen LogP contribution in [0.2, 0.25) is 0 Å². The lowest BCUT2D eigenvalue weighted by Crippen LogP contribution is -2.16. The summed E-state index contributed by atoms with van der Waals surface area (Å²) in [5, 5.41) is 12.6. The lowest BCUT2D eigenvalue weighted by Gasteiger charge is -2.10. The van der Waals surface area contributed by atoms with Gasteiger partial charge >= 0.3 is 0 Å². The topological polar surface area (TPSA) is 66.4 Å². The Balaban J connectivity index is 2.40. The van der Waals surface area contributed by atoms with Crippen LogP contribution in [0.4, 0.5) is 0 Å². The van der Waals surface area contributed by atoms with E-state index >= 15 is 0 Å². The number of aliphatic hydroxyl groups is 1. The van der Waals surface area contributed by atoms with E-state index in [1.165, 1.54) is 0 Å². The van der Waals surface area contributed by atoms with Gasteiger partial charge in [0.2, 0.25) is 5.91 Å². The summed E-state index contributed by atoms with van der Waals surface area (Å²) in [7, 11) is 1.65. The predicted molar refractivity (Wildman–Crippen MR) is 102 cm³/mol. The molecule has 1 rings (SSSR count). The second-order valence-electron chi connectivity index (χ2n) is 6.27. The van der Waals surface area contributed by atoms with E-state index < -0.39 is 6.10 Å². The third-order valence-corrected chi connectivity index (χ3v) is 4.19. The molecule has 2 atom stereocenters. The molecule has 4 nitrogen and oxygen atoms in total. The van der Waals surface area contributed by atoms with Gasteiger partial charge in [0.05, 0.1) is 6.10 Å². The minimum atomic E-state index is -0.440. The van der Waals surface area contributed by atoms with E-state index in [9.17, 15) is 14.7 Å². The van der Waals surface area contributed by atoms with Gasteiger partial charge < -0.3 is 10.4 Å². The lowest BCUT2D eigenvalue weighted by molar-refractivity contribution is -0.120. The second kappa shape index (κ2) is 12.4. The normalized spacial score (nSPS) is 20.2. The highest BCUT2D eigenvalue weighted by Gasteiger charge is 2.21. The molecule has 138 valence electrons. The van der Waals surface area contributed by atoms with Crippen LogP contribution in [0.1, 0.15) is 51.9 Å². The Labute approximate surface area is 151 Å². The Bertz CT molecular complexity index is 543. The van der Waals surface area contributed by atoms with Crippen molar-refractivity contribution in [3.8, 4) is 0 Å². The summed E-state index contributed by atoms with van der Waals surface area (Å²) in [5.41, 5.74) is 0.786. The van der Waals surface area contributed by atoms with E-state index in [1.54, 1.807) is 13.1 Å². The van der Waals surface area contributed by atoms with E-state index in [4.69, 9.17) is 0 Å². The number of ketones is 1. The number of unbranched alkanes of at least 4 members (excludes halogenated alkanes) is 1. The first-order valence-electron chi connectivity index (χ1n) is 9.19. The molecule has 4 heteroatoms. The molecule has 25 heavy (non-hydrogen) atoms. The van der Waals surface area contributed by atoms with Gasteiger partial charge in [-0.25, -0.2) is 0 Å². The Kier molecular flexibility index (Phi) is 10.5. The molecule has 0 radical (unpaired) electrons. The molecule has 0 spiro atoms. The molecular formula is C21H31NO3. The van der Waals surface area contributed by atoms with Crippen molar-refractivity contribution in [2.75, 3.05) is 7.05 Å². The third-order valence-electron chi connectivity index (χ3n) is 4.19. The highest BCUT2D eigenvalue weighted by Crippen LogP contribution is 2.26. The number of nitrogens with one attached hydrogen (secondary N) is 1. The van der Waals surface area contributed by atoms with Crippen LogP contribution >= 0.6 is 0 Å². The number of amides is 1. The van der Waals surface area contributed by atoms with E-state index in [1.807, 2.05) is 24.3 Å². The van der Waals surface area contributed by atoms with Crippen molar-refractivity contribution in [3.05, 3.63) is 48.1 Å². The minimum absolute atomic E-state index is 0.0503. The van der Waals surface area contributed by atoms with E-state index in [2.05, 4.69) is 24.4 Å². The van der Waals surface area contributed by atoms with Crippen LogP contribution < -0.4 is 5.32 Å². The number of rotatable bonds is 11. The molecule has 0 saturated carbocycles. The molecule has 0 aromatic carbocycles. The average Bonchev–Trinajstić information content (AvgIpc) is 2.96. The highest BCUT2D eigenvalue weighted by molar-refractivity contribution is 6.07. The fourth-order valence-corrected chi connectivity index (χ4v) is 2.69. The minimum Gasteiger partial charge on any atom is -0.392 e. The van der Waals surface area contributed by atoms with Crippen LogP contribution in [0.5, 0.6) is 0 Å². The van der Waals surface area contributed by atoms with Gasteiger partial charge in [-0.2, -0.15) is 0 Å². The van der Waals surface area contributed by atoms with Gasteiger partial charge in [0.15, 0.2) is 5.78 Å². The molecule has 0 heterocycles. The average molecular weight is 345 g/mol. The van der Waals surface area contributed by atoms with Crippen molar-refractivity contribution in [2.45, 2.75) is 58.0 Å². The van der Waals surface area contributed by atoms with Gasteiger partial charge in [-0.05, 0) is 44.6 Å². The number of carbonyl (C=O) groups is 2. The zero-order valence-corrected chi connectivity index (χ0v) is 15.4. The van der Waals surface area contributed by atoms with Gasteiger partial charge in [-0.3, -0.25) is 9.59 Å². The molecule has 0 unspecified atom stereocenters. The smallest absolute Gasteiger partial charge is 0.219 e. The molecule has 0 aromatic heterocycles. The Morgan fingerprint density at radius 2 is 2.08 bits per heavy atom. The Morgan fingerprint density at radius 3 is 2.80 bits per heavy atom. The summed E-state index contributed by atoms with van der Waals surface area (Å²) in [4.78, 5) is 23.1. The summed E-state index contributed by atoms with van der Waals surface area (Å²) in [6.45, 7) is 2.06. The molecule has 0 aromatic rings. The maximum absolute atomic E-state index is 12.0. The molecule has 0 fully saturated rings. The van der Waals surface area contributed by atoms with Crippen molar-refractivity contribution in [3.63, 3.8) is 0 Å². The number of carbonyl (C=O) groups excluding carboxylic acids is 2. The zero-order valence-electron chi connectivity index (χ0n) is 15.4. The second-order valence-corrected chi connectivity index (χ2v) is 6.27. The molecule has 1 aliphatic carbocycles. The first-order valence-corrected chi connectivity index (χ1v) is 9.19. The summed E-state index contributed by atoms with van der Waals surface area (Å²) in [5.74, 6) is 0.214. The SMILES string of the molecule is CC/C=C\C[C@H](O)C/C=C1/C(=O)C=C[C@@H]1C/C=C\CCCC(=O)NC. The van der Waals surface area contributed by atoms with E-state index in [0.29, 0.717) is 19.3 Å². The highest BCUT2D eigenvalue weighted by atomic mass is 16.3. The maximum Gasteiger partial charge on any atom is 0.219 e. The number of aliphatic hydroxyl groups excluding tert-OH is 1. The fourth-order valence-electron chi connectivity index (χ4n) is 2.69. The number of hydrogen-bond donors (Lipinski definition) is 2. The summed E-state index contributed by atoms with van der Waals surface area (Å²) >= 11 is 0. The molecule has 0 aliphatic heterocycles. The van der Waals surface area contributed by atoms with Crippen molar-refractivity contribution in [1.82, 2.24) is 5.32 Å². The van der Waals surface area contributed by atoms with Crippen LogP contribution in [-0.2, 0) is 9.59 Å². The van der Waals surface area contributed by atoms with Crippen LogP contribution in [-0.4, -0.2) is 29.9 Å². The van der Waals surface area contributed by atoms with E-state index in [0.717, 1.165) is 31.3 Å². The van der Waals surface area contributed by atoms with Crippen LogP contribution in [0.25, 0.3) is 0 Å². The number of allylic oxidation sites excluding steroid dienone is 6. The van der Waals surface area contributed by atoms with Crippen molar-refractivity contribution < 1.29 is 14.7 Å². The molecule has 0 saturated heterocycles. The van der Waals surface area contributed by atoms with Crippen LogP contribution in [0, 0.1) is 5.92 Å². The van der Waals surface area contributed by atoms with E-state index in [-0.39, 0.29) is 17.6 Å². The van der Waals surface area contributed by atoms with Gasteiger partial charge in [0.1, 0.15) is 0 Å². The predicted octanol–water partition coefficient (Wildman–Crippen LogP) is 3.64. The van der Waals surface area contributed by atoms with Gasteiger partial charge in [-0.15, -0.1) is 0 Å². The standard InChI is InChI=1S/C21H31NO3/c1-3-4-7-11-18(23)14-15-19-17(13-16-20(19)24)10-8-5-6-9-12-21(25)22-2/h4-5,7-8,13,15-18,23H,3,6,9-12,14H2,1-2H3,(H,22,25)/b7-4-,8-5-,19-15+/t17-,18-/m0/s1. The van der Waals surface area contributed by atoms with Gasteiger partial charge in [0, 0.05) is 25.0 Å². The molecular weight excluding hydrogens is 314 g/mol. The molecule has 2 N–H and O–H groups in total. The number of hydrogen-bond acceptors (Lipinski definition) is 3. The summed E-state index contributed by atoms with van der Waals surface area (Å²) in [6.07, 6.45) is 18.3. The maximum atomic E-state index is 12.0. The van der Waals surface area contributed by atoms with Crippen LogP contribution in [0.15, 0.2) is 48.1 Å². The lowest BCUT2D eigenvalue weighted by atomic mass is 9.96. The molecule has 1 aliphatic rings. The Morgan fingerprint density at radius 1 is 1.28 bits per heavy atom. The fraction of sp³-hybridized carbons (Fsp3) is 0.524. The molecule has 1 amide bonds. The summed E-state index contributed by atoms with van der Waals surface area (Å²) in [6, 6.07) is 0. The first-order chi connectivity index (χ1) is 12.1. The summed E-state index contributed by atoms with van der Waals surface area (Å²) < 4.78 is 0. The van der Waals surface area contributed by atoms with Crippen molar-refractivity contribution in [2.24, 2.45) is 5.92 Å². The van der Waals surface area contributed by atoms with Crippen molar-refractivity contribution >= 4 is 11.7 Å². The largest absolute Gasteiger partial charge is 0.392 e. The zero-order chi connectivity index (χ0) is 18.5. The van der Waals surface area contributed by atoms with Gasteiger partial charge in [-0.1, -0.05) is 43.4 Å². The molecule has 0 bridgehead atoms.